The van der Waals surface area contributed by atoms with E-state index < -0.39 is 0 Å². The van der Waals surface area contributed by atoms with Crippen LogP contribution in [0.3, 0.4) is 0 Å². The van der Waals surface area contributed by atoms with E-state index in [1.165, 1.54) is 0 Å². The van der Waals surface area contributed by atoms with Gasteiger partial charge in [0.25, 0.3) is 5.91 Å². The highest BCUT2D eigenvalue weighted by Crippen LogP contribution is 2.27. The van der Waals surface area contributed by atoms with Gasteiger partial charge in [-0.1, -0.05) is 41.9 Å². The van der Waals surface area contributed by atoms with Crippen molar-refractivity contribution >= 4 is 39.7 Å². The summed E-state index contributed by atoms with van der Waals surface area (Å²) in [6, 6.07) is 25.0. The third kappa shape index (κ3) is 5.58. The second-order valence-corrected chi connectivity index (χ2v) is 9.04. The van der Waals surface area contributed by atoms with Crippen LogP contribution in [-0.2, 0) is 6.61 Å². The van der Waals surface area contributed by atoms with Gasteiger partial charge in [-0.25, -0.2) is 5.43 Å². The normalized spacial score (nSPS) is 11.1. The van der Waals surface area contributed by atoms with Crippen molar-refractivity contribution in [2.45, 2.75) is 20.5 Å². The van der Waals surface area contributed by atoms with Gasteiger partial charge in [0.15, 0.2) is 0 Å². The molecule has 1 amide bonds. The van der Waals surface area contributed by atoms with Crippen LogP contribution in [0, 0.1) is 13.8 Å². The third-order valence-corrected chi connectivity index (χ3v) is 6.23. The molecule has 0 fully saturated rings. The minimum absolute atomic E-state index is 0.357. The maximum atomic E-state index is 12.6. The Morgan fingerprint density at radius 2 is 1.76 bits per heavy atom. The minimum atomic E-state index is -0.379. The summed E-state index contributed by atoms with van der Waals surface area (Å²) in [5, 5.41) is 4.44. The van der Waals surface area contributed by atoms with Crippen LogP contribution in [0.4, 0.5) is 0 Å². The number of hydrazone groups is 1. The number of benzene rings is 3. The lowest BCUT2D eigenvalue weighted by atomic mass is 10.2. The van der Waals surface area contributed by atoms with Crippen molar-refractivity contribution in [3.8, 4) is 11.4 Å². The molecule has 34 heavy (non-hydrogen) atoms. The van der Waals surface area contributed by atoms with E-state index in [9.17, 15) is 4.79 Å². The molecule has 1 N–H and O–H groups in total. The van der Waals surface area contributed by atoms with Crippen molar-refractivity contribution in [3.63, 3.8) is 0 Å². The Kier molecular flexibility index (Phi) is 7.50. The van der Waals surface area contributed by atoms with Crippen molar-refractivity contribution in [2.75, 3.05) is 0 Å². The van der Waals surface area contributed by atoms with Crippen LogP contribution < -0.4 is 10.2 Å². The van der Waals surface area contributed by atoms with Gasteiger partial charge in [0.2, 0.25) is 0 Å². The first kappa shape index (κ1) is 23.8. The van der Waals surface area contributed by atoms with E-state index in [4.69, 9.17) is 16.3 Å². The van der Waals surface area contributed by atoms with Crippen LogP contribution in [0.15, 0.2) is 88.4 Å². The molecule has 0 aliphatic heterocycles. The largest absolute Gasteiger partial charge is 0.488 e. The maximum absolute atomic E-state index is 12.6. The first-order valence-electron chi connectivity index (χ1n) is 10.7. The minimum Gasteiger partial charge on any atom is -0.488 e. The van der Waals surface area contributed by atoms with Crippen molar-refractivity contribution in [3.05, 3.63) is 116 Å². The topological polar surface area (TPSA) is 55.6 Å². The fraction of sp³-hybridized carbons (Fsp3) is 0.111. The van der Waals surface area contributed by atoms with Crippen LogP contribution >= 0.6 is 27.5 Å². The smallest absolute Gasteiger partial charge is 0.272 e. The average Bonchev–Trinajstić information content (AvgIpc) is 3.16. The Morgan fingerprint density at radius 1 is 1.03 bits per heavy atom. The van der Waals surface area contributed by atoms with Gasteiger partial charge in [-0.3, -0.25) is 4.79 Å². The lowest BCUT2D eigenvalue weighted by Crippen LogP contribution is -2.18. The van der Waals surface area contributed by atoms with Gasteiger partial charge in [-0.2, -0.15) is 5.10 Å². The number of aromatic nitrogens is 1. The number of carbonyl (C=O) groups is 1. The lowest BCUT2D eigenvalue weighted by molar-refractivity contribution is 0.0955. The summed E-state index contributed by atoms with van der Waals surface area (Å²) in [7, 11) is 0. The molecule has 0 aliphatic carbocycles. The number of halogens is 2. The molecule has 4 rings (SSSR count). The summed E-state index contributed by atoms with van der Waals surface area (Å²) in [4.78, 5) is 12.6. The highest BCUT2D eigenvalue weighted by molar-refractivity contribution is 9.10. The Balaban J connectivity index is 1.38. The number of carbonyl (C=O) groups excluding carboxylic acids is 1. The summed E-state index contributed by atoms with van der Waals surface area (Å²) in [6.07, 6.45) is 1.57. The Labute approximate surface area is 212 Å². The van der Waals surface area contributed by atoms with E-state index in [0.29, 0.717) is 17.2 Å². The quantitative estimate of drug-likeness (QED) is 0.207. The Bertz CT molecular complexity index is 1330. The first-order valence-corrected chi connectivity index (χ1v) is 11.8. The molecule has 0 atom stereocenters. The predicted octanol–water partition coefficient (Wildman–Crippen LogP) is 6.85. The van der Waals surface area contributed by atoms with E-state index >= 15 is 0 Å². The molecule has 0 saturated carbocycles. The zero-order valence-corrected chi connectivity index (χ0v) is 21.1. The number of amides is 1. The molecule has 0 bridgehead atoms. The highest BCUT2D eigenvalue weighted by Gasteiger charge is 2.12. The van der Waals surface area contributed by atoms with Crippen molar-refractivity contribution < 1.29 is 9.53 Å². The lowest BCUT2D eigenvalue weighted by Gasteiger charge is -2.11. The monoisotopic (exact) mass is 535 g/mol. The van der Waals surface area contributed by atoms with Gasteiger partial charge in [-0.05, 0) is 89.4 Å². The van der Waals surface area contributed by atoms with Crippen LogP contribution in [0.2, 0.25) is 5.02 Å². The molecule has 0 aliphatic rings. The molecule has 0 unspecified atom stereocenters. The summed E-state index contributed by atoms with van der Waals surface area (Å²) in [6.45, 7) is 4.53. The maximum Gasteiger partial charge on any atom is 0.272 e. The average molecular weight is 537 g/mol. The predicted molar refractivity (Wildman–Crippen MR) is 140 cm³/mol. The molecule has 0 radical (unpaired) electrons. The summed E-state index contributed by atoms with van der Waals surface area (Å²) in [5.74, 6) is 0.348. The number of ether oxygens (including phenoxy) is 1. The molecule has 1 aromatic heterocycles. The SMILES string of the molecule is Cc1ccc(C)n1-c1ccc(C(=O)N/N=C\c2ccc(OCc3ccccc3)c(Br)c2)c(Cl)c1. The fourth-order valence-electron chi connectivity index (χ4n) is 3.58. The van der Waals surface area contributed by atoms with Crippen molar-refractivity contribution in [2.24, 2.45) is 5.10 Å². The number of rotatable bonds is 7. The summed E-state index contributed by atoms with van der Waals surface area (Å²) < 4.78 is 8.74. The molecule has 5 nitrogen and oxygen atoms in total. The van der Waals surface area contributed by atoms with E-state index in [2.05, 4.69) is 31.0 Å². The molecule has 1 heterocycles. The van der Waals surface area contributed by atoms with E-state index in [1.54, 1.807) is 18.3 Å². The number of aryl methyl sites for hydroxylation is 2. The van der Waals surface area contributed by atoms with Crippen LogP contribution in [0.1, 0.15) is 32.9 Å². The summed E-state index contributed by atoms with van der Waals surface area (Å²) in [5.41, 5.74) is 7.89. The standard InChI is InChI=1S/C27H23BrClN3O2/c1-18-8-9-19(2)32(18)22-11-12-23(25(29)15-22)27(33)31-30-16-21-10-13-26(24(28)14-21)34-17-20-6-4-3-5-7-20/h3-16H,17H2,1-2H3,(H,31,33)/b30-16-. The molecule has 0 spiro atoms. The van der Waals surface area contributed by atoms with Gasteiger partial charge < -0.3 is 9.30 Å². The first-order chi connectivity index (χ1) is 16.4. The Hall–Kier alpha value is -3.35. The van der Waals surface area contributed by atoms with Gasteiger partial charge in [0.1, 0.15) is 12.4 Å². The second kappa shape index (κ2) is 10.7. The molecule has 4 aromatic rings. The van der Waals surface area contributed by atoms with E-state index in [0.717, 1.165) is 38.4 Å². The number of hydrogen-bond donors (Lipinski definition) is 1. The van der Waals surface area contributed by atoms with Gasteiger partial charge in [-0.15, -0.1) is 0 Å². The zero-order chi connectivity index (χ0) is 24.1. The molecule has 7 heteroatoms. The van der Waals surface area contributed by atoms with Gasteiger partial charge in [0, 0.05) is 17.1 Å². The molecule has 3 aromatic carbocycles. The second-order valence-electron chi connectivity index (χ2n) is 7.78. The third-order valence-electron chi connectivity index (χ3n) is 5.30. The zero-order valence-electron chi connectivity index (χ0n) is 18.8. The molecule has 172 valence electrons. The van der Waals surface area contributed by atoms with Crippen LogP contribution in [0.25, 0.3) is 5.69 Å². The van der Waals surface area contributed by atoms with Gasteiger partial charge >= 0.3 is 0 Å². The van der Waals surface area contributed by atoms with E-state index in [-0.39, 0.29) is 5.91 Å². The van der Waals surface area contributed by atoms with Crippen molar-refractivity contribution in [1.82, 2.24) is 9.99 Å². The number of hydrogen-bond acceptors (Lipinski definition) is 3. The van der Waals surface area contributed by atoms with Crippen LogP contribution in [0.5, 0.6) is 5.75 Å². The fourth-order valence-corrected chi connectivity index (χ4v) is 4.35. The molecular formula is C27H23BrClN3O2. The summed E-state index contributed by atoms with van der Waals surface area (Å²) >= 11 is 9.94. The van der Waals surface area contributed by atoms with E-state index in [1.807, 2.05) is 80.6 Å². The van der Waals surface area contributed by atoms with Crippen molar-refractivity contribution in [1.29, 1.82) is 0 Å². The van der Waals surface area contributed by atoms with Crippen LogP contribution in [-0.4, -0.2) is 16.7 Å². The highest BCUT2D eigenvalue weighted by atomic mass is 79.9. The number of nitrogens with one attached hydrogen (secondary N) is 1. The number of nitrogens with zero attached hydrogens (tertiary/aromatic N) is 2. The molecule has 0 saturated heterocycles. The molecular weight excluding hydrogens is 514 g/mol. The van der Waals surface area contributed by atoms with Gasteiger partial charge in [0.05, 0.1) is 21.3 Å². The Morgan fingerprint density at radius 3 is 2.44 bits per heavy atom.